The average Bonchev–Trinajstić information content (AvgIpc) is 2.33. The van der Waals surface area contributed by atoms with E-state index in [0.29, 0.717) is 11.7 Å². The molecule has 0 amide bonds. The Kier molecular flexibility index (Phi) is 4.34. The normalized spacial score (nSPS) is 17.2. The van der Waals surface area contributed by atoms with E-state index in [1.54, 1.807) is 0 Å². The Hall–Kier alpha value is -1.23. The molecule has 1 aromatic rings. The highest BCUT2D eigenvalue weighted by Crippen LogP contribution is 2.25. The molecule has 0 radical (unpaired) electrons. The van der Waals surface area contributed by atoms with Gasteiger partial charge < -0.3 is 5.32 Å². The van der Waals surface area contributed by atoms with Crippen LogP contribution in [-0.2, 0) is 10.0 Å². The molecular formula is C14H22N2O2S. The number of rotatable bonds is 4. The topological polar surface area (TPSA) is 58.2 Å². The van der Waals surface area contributed by atoms with Gasteiger partial charge >= 0.3 is 0 Å². The molecule has 0 unspecified atom stereocenters. The molecule has 19 heavy (non-hydrogen) atoms. The second kappa shape index (κ2) is 5.82. The van der Waals surface area contributed by atoms with Gasteiger partial charge in [-0.05, 0) is 43.5 Å². The van der Waals surface area contributed by atoms with Crippen LogP contribution in [0, 0.1) is 6.92 Å². The van der Waals surface area contributed by atoms with Crippen molar-refractivity contribution in [3.63, 3.8) is 0 Å². The minimum Gasteiger partial charge on any atom is -0.382 e. The Balaban J connectivity index is 2.05. The maximum atomic E-state index is 11.2. The Morgan fingerprint density at radius 1 is 1.16 bits per heavy atom. The number of hydrogen-bond acceptors (Lipinski definition) is 3. The van der Waals surface area contributed by atoms with Crippen molar-refractivity contribution in [2.45, 2.75) is 45.1 Å². The van der Waals surface area contributed by atoms with E-state index in [0.717, 1.165) is 11.3 Å². The molecule has 0 atom stereocenters. The molecule has 0 aliphatic heterocycles. The van der Waals surface area contributed by atoms with Crippen molar-refractivity contribution in [3.8, 4) is 0 Å². The van der Waals surface area contributed by atoms with Crippen molar-refractivity contribution in [2.75, 3.05) is 16.3 Å². The van der Waals surface area contributed by atoms with Crippen LogP contribution < -0.4 is 10.0 Å². The maximum Gasteiger partial charge on any atom is 0.229 e. The third-order valence-electron chi connectivity index (χ3n) is 3.50. The van der Waals surface area contributed by atoms with Crippen LogP contribution in [-0.4, -0.2) is 20.7 Å². The molecule has 0 heterocycles. The van der Waals surface area contributed by atoms with Crippen LogP contribution in [0.4, 0.5) is 11.4 Å². The quantitative estimate of drug-likeness (QED) is 0.892. The number of benzene rings is 1. The summed E-state index contributed by atoms with van der Waals surface area (Å²) >= 11 is 0. The summed E-state index contributed by atoms with van der Waals surface area (Å²) in [6.45, 7) is 1.92. The van der Waals surface area contributed by atoms with Gasteiger partial charge in [0.1, 0.15) is 0 Å². The van der Waals surface area contributed by atoms with Crippen LogP contribution in [0.25, 0.3) is 0 Å². The van der Waals surface area contributed by atoms with Gasteiger partial charge in [0, 0.05) is 11.7 Å². The summed E-state index contributed by atoms with van der Waals surface area (Å²) in [5.41, 5.74) is 2.66. The fourth-order valence-corrected chi connectivity index (χ4v) is 3.18. The minimum atomic E-state index is -3.21. The molecule has 1 aliphatic rings. The van der Waals surface area contributed by atoms with E-state index in [-0.39, 0.29) is 0 Å². The highest BCUT2D eigenvalue weighted by Gasteiger charge is 2.13. The summed E-state index contributed by atoms with van der Waals surface area (Å²) in [7, 11) is -3.21. The third kappa shape index (κ3) is 4.42. The van der Waals surface area contributed by atoms with Crippen molar-refractivity contribution in [2.24, 2.45) is 0 Å². The molecule has 5 heteroatoms. The van der Waals surface area contributed by atoms with Crippen LogP contribution in [0.2, 0.25) is 0 Å². The summed E-state index contributed by atoms with van der Waals surface area (Å²) in [6, 6.07) is 6.32. The molecule has 4 nitrogen and oxygen atoms in total. The predicted molar refractivity (Wildman–Crippen MR) is 80.1 cm³/mol. The second-order valence-electron chi connectivity index (χ2n) is 5.38. The molecule has 2 N–H and O–H groups in total. The summed E-state index contributed by atoms with van der Waals surface area (Å²) in [6.07, 6.45) is 7.55. The van der Waals surface area contributed by atoms with Crippen LogP contribution in [0.5, 0.6) is 0 Å². The zero-order valence-electron chi connectivity index (χ0n) is 11.6. The first-order valence-electron chi connectivity index (χ1n) is 6.79. The molecule has 0 aromatic heterocycles. The second-order valence-corrected chi connectivity index (χ2v) is 7.13. The van der Waals surface area contributed by atoms with Crippen molar-refractivity contribution < 1.29 is 8.42 Å². The Labute approximate surface area is 115 Å². The fraction of sp³-hybridized carbons (Fsp3) is 0.571. The summed E-state index contributed by atoms with van der Waals surface area (Å²) < 4.78 is 25.0. The van der Waals surface area contributed by atoms with Crippen LogP contribution in [0.15, 0.2) is 18.2 Å². The number of anilines is 2. The van der Waals surface area contributed by atoms with Gasteiger partial charge in [-0.3, -0.25) is 4.72 Å². The van der Waals surface area contributed by atoms with Gasteiger partial charge in [-0.15, -0.1) is 0 Å². The largest absolute Gasteiger partial charge is 0.382 e. The lowest BCUT2D eigenvalue weighted by atomic mass is 9.95. The van der Waals surface area contributed by atoms with Crippen molar-refractivity contribution in [3.05, 3.63) is 23.8 Å². The SMILES string of the molecule is Cc1cc(NC2CCCCC2)ccc1NS(C)(=O)=O. The first kappa shape index (κ1) is 14.2. The van der Waals surface area contributed by atoms with Gasteiger partial charge in [0.15, 0.2) is 0 Å². The van der Waals surface area contributed by atoms with Gasteiger partial charge in [-0.25, -0.2) is 8.42 Å². The molecule has 106 valence electrons. The van der Waals surface area contributed by atoms with Crippen LogP contribution >= 0.6 is 0 Å². The van der Waals surface area contributed by atoms with Gasteiger partial charge in [-0.2, -0.15) is 0 Å². The first-order chi connectivity index (χ1) is 8.94. The first-order valence-corrected chi connectivity index (χ1v) is 8.68. The molecule has 0 bridgehead atoms. The average molecular weight is 282 g/mol. The molecule has 0 spiro atoms. The van der Waals surface area contributed by atoms with E-state index < -0.39 is 10.0 Å². The Bertz CT molecular complexity index is 534. The Morgan fingerprint density at radius 3 is 2.42 bits per heavy atom. The van der Waals surface area contributed by atoms with Crippen LogP contribution in [0.1, 0.15) is 37.7 Å². The molecule has 2 rings (SSSR count). The predicted octanol–water partition coefficient (Wildman–Crippen LogP) is 3.11. The smallest absolute Gasteiger partial charge is 0.229 e. The summed E-state index contributed by atoms with van der Waals surface area (Å²) in [5.74, 6) is 0. The number of aryl methyl sites for hydroxylation is 1. The molecule has 1 aliphatic carbocycles. The molecule has 0 saturated heterocycles. The van der Waals surface area contributed by atoms with Gasteiger partial charge in [0.2, 0.25) is 10.0 Å². The molecule has 1 fully saturated rings. The zero-order chi connectivity index (χ0) is 13.9. The van der Waals surface area contributed by atoms with E-state index in [1.165, 1.54) is 38.4 Å². The highest BCUT2D eigenvalue weighted by atomic mass is 32.2. The third-order valence-corrected chi connectivity index (χ3v) is 4.09. The molecular weight excluding hydrogens is 260 g/mol. The zero-order valence-corrected chi connectivity index (χ0v) is 12.4. The molecule has 1 aromatic carbocycles. The Morgan fingerprint density at radius 2 is 1.84 bits per heavy atom. The number of hydrogen-bond donors (Lipinski definition) is 2. The van der Waals surface area contributed by atoms with E-state index >= 15 is 0 Å². The van der Waals surface area contributed by atoms with Crippen molar-refractivity contribution >= 4 is 21.4 Å². The lowest BCUT2D eigenvalue weighted by Crippen LogP contribution is -2.22. The minimum absolute atomic E-state index is 0.557. The van der Waals surface area contributed by atoms with Crippen LogP contribution in [0.3, 0.4) is 0 Å². The van der Waals surface area contributed by atoms with E-state index in [9.17, 15) is 8.42 Å². The highest BCUT2D eigenvalue weighted by molar-refractivity contribution is 7.92. The van der Waals surface area contributed by atoms with E-state index in [1.807, 2.05) is 25.1 Å². The van der Waals surface area contributed by atoms with Gasteiger partial charge in [-0.1, -0.05) is 19.3 Å². The lowest BCUT2D eigenvalue weighted by Gasteiger charge is -2.24. The van der Waals surface area contributed by atoms with Gasteiger partial charge in [0.25, 0.3) is 0 Å². The fourth-order valence-electron chi connectivity index (χ4n) is 2.55. The maximum absolute atomic E-state index is 11.2. The van der Waals surface area contributed by atoms with Gasteiger partial charge in [0.05, 0.1) is 11.9 Å². The standard InChI is InChI=1S/C14H22N2O2S/c1-11-10-13(15-12-6-4-3-5-7-12)8-9-14(11)16-19(2,17)18/h8-10,12,15-16H,3-7H2,1-2H3. The van der Waals surface area contributed by atoms with E-state index in [2.05, 4.69) is 10.0 Å². The number of sulfonamides is 1. The van der Waals surface area contributed by atoms with E-state index in [4.69, 9.17) is 0 Å². The number of nitrogens with one attached hydrogen (secondary N) is 2. The summed E-state index contributed by atoms with van der Waals surface area (Å²) in [4.78, 5) is 0. The monoisotopic (exact) mass is 282 g/mol. The molecule has 1 saturated carbocycles. The van der Waals surface area contributed by atoms with Crippen molar-refractivity contribution in [1.82, 2.24) is 0 Å². The van der Waals surface area contributed by atoms with Crippen molar-refractivity contribution in [1.29, 1.82) is 0 Å². The summed E-state index contributed by atoms with van der Waals surface area (Å²) in [5, 5.41) is 3.53. The lowest BCUT2D eigenvalue weighted by molar-refractivity contribution is 0.463.